The van der Waals surface area contributed by atoms with Crippen LogP contribution in [0.3, 0.4) is 0 Å². The van der Waals surface area contributed by atoms with Gasteiger partial charge >= 0.3 is 5.97 Å². The summed E-state index contributed by atoms with van der Waals surface area (Å²) in [5.74, 6) is 0.278. The molecule has 2 aliphatic rings. The van der Waals surface area contributed by atoms with Crippen LogP contribution in [0.1, 0.15) is 46.2 Å². The quantitative estimate of drug-likeness (QED) is 0.353. The van der Waals surface area contributed by atoms with Crippen LogP contribution in [-0.2, 0) is 27.5 Å². The van der Waals surface area contributed by atoms with Crippen molar-refractivity contribution in [3.05, 3.63) is 88.7 Å². The first-order valence-corrected chi connectivity index (χ1v) is 11.3. The van der Waals surface area contributed by atoms with E-state index in [9.17, 15) is 14.0 Å². The second kappa shape index (κ2) is 10.1. The van der Waals surface area contributed by atoms with Crippen LogP contribution < -0.4 is 14.2 Å². The second-order valence-electron chi connectivity index (χ2n) is 8.17. The van der Waals surface area contributed by atoms with Crippen LogP contribution in [0.4, 0.5) is 4.39 Å². The highest BCUT2D eigenvalue weighted by atomic mass is 19.1. The average molecular weight is 478 g/mol. The molecule has 0 saturated heterocycles. The fourth-order valence-electron chi connectivity index (χ4n) is 3.97. The van der Waals surface area contributed by atoms with E-state index in [0.717, 1.165) is 5.56 Å². The Bertz CT molecular complexity index is 1240. The molecular weight excluding hydrogens is 455 g/mol. The van der Waals surface area contributed by atoms with E-state index < -0.39 is 18.1 Å². The Morgan fingerprint density at radius 3 is 2.57 bits per heavy atom. The minimum atomic E-state index is -0.646. The number of Topliss-reactive ketones (excluding diaryl/α,β-unsaturated/α-hetero) is 1. The van der Waals surface area contributed by atoms with E-state index in [1.807, 2.05) is 30.3 Å². The largest absolute Gasteiger partial charge is 0.486 e. The molecule has 1 atom stereocenters. The van der Waals surface area contributed by atoms with Gasteiger partial charge in [0, 0.05) is 28.7 Å². The summed E-state index contributed by atoms with van der Waals surface area (Å²) in [6, 6.07) is 16.9. The Morgan fingerprint density at radius 2 is 1.74 bits per heavy atom. The molecule has 35 heavy (non-hydrogen) atoms. The van der Waals surface area contributed by atoms with Crippen molar-refractivity contribution in [3.63, 3.8) is 0 Å². The number of benzene rings is 3. The Hall–Kier alpha value is -3.91. The van der Waals surface area contributed by atoms with Gasteiger partial charge in [0.15, 0.2) is 17.3 Å². The van der Waals surface area contributed by atoms with Gasteiger partial charge in [-0.3, -0.25) is 9.59 Å². The predicted molar refractivity (Wildman–Crippen MR) is 122 cm³/mol. The smallest absolute Gasteiger partial charge is 0.306 e. The third kappa shape index (κ3) is 5.27. The molecule has 3 aromatic carbocycles. The summed E-state index contributed by atoms with van der Waals surface area (Å²) in [6.07, 6.45) is -0.783. The number of carbonyl (C=O) groups excluding carboxylic acids is 2. The maximum Gasteiger partial charge on any atom is 0.306 e. The maximum absolute atomic E-state index is 14.1. The summed E-state index contributed by atoms with van der Waals surface area (Å²) in [7, 11) is 0. The lowest BCUT2D eigenvalue weighted by atomic mass is 10.1. The van der Waals surface area contributed by atoms with Crippen molar-refractivity contribution in [2.45, 2.75) is 32.3 Å². The van der Waals surface area contributed by atoms with E-state index in [1.54, 1.807) is 18.2 Å². The Kier molecular flexibility index (Phi) is 6.63. The van der Waals surface area contributed by atoms with Gasteiger partial charge in [0.05, 0.1) is 13.0 Å². The highest BCUT2D eigenvalue weighted by molar-refractivity contribution is 5.98. The summed E-state index contributed by atoms with van der Waals surface area (Å²) in [5, 5.41) is 0. The molecule has 0 saturated carbocycles. The Balaban J connectivity index is 1.19. The number of ether oxygens (including phenoxy) is 5. The van der Waals surface area contributed by atoms with Crippen LogP contribution in [0, 0.1) is 5.82 Å². The van der Waals surface area contributed by atoms with Gasteiger partial charge in [-0.25, -0.2) is 4.39 Å². The van der Waals surface area contributed by atoms with E-state index in [1.165, 1.54) is 12.1 Å². The molecule has 0 aromatic heterocycles. The van der Waals surface area contributed by atoms with Crippen LogP contribution in [0.15, 0.2) is 60.7 Å². The van der Waals surface area contributed by atoms with Gasteiger partial charge in [0.2, 0.25) is 6.29 Å². The van der Waals surface area contributed by atoms with Crippen molar-refractivity contribution >= 4 is 11.8 Å². The number of esters is 1. The zero-order valence-electron chi connectivity index (χ0n) is 18.8. The first kappa shape index (κ1) is 22.9. The van der Waals surface area contributed by atoms with Gasteiger partial charge in [-0.05, 0) is 30.3 Å². The standard InChI is InChI=1S/C27H23FO7/c28-21-12-19(26-20(13-21)16-34-27(35-26)17-4-2-1-3-5-17)15-33-25(30)9-7-22(29)18-6-8-23-24(14-18)32-11-10-31-23/h1-6,8,12-14,27H,7,9-11,15-16H2. The van der Waals surface area contributed by atoms with Gasteiger partial charge in [-0.1, -0.05) is 30.3 Å². The molecule has 8 heteroatoms. The lowest BCUT2D eigenvalue weighted by Gasteiger charge is -2.28. The number of fused-ring (bicyclic) bond motifs is 2. The Labute approximate surface area is 201 Å². The van der Waals surface area contributed by atoms with E-state index in [-0.39, 0.29) is 31.8 Å². The molecular formula is C27H23FO7. The minimum absolute atomic E-state index is 0.0276. The highest BCUT2D eigenvalue weighted by Crippen LogP contribution is 2.37. The predicted octanol–water partition coefficient (Wildman–Crippen LogP) is 4.91. The van der Waals surface area contributed by atoms with Crippen LogP contribution in [0.5, 0.6) is 17.2 Å². The molecule has 0 aliphatic carbocycles. The molecule has 0 N–H and O–H groups in total. The van der Waals surface area contributed by atoms with Crippen molar-refractivity contribution in [1.29, 1.82) is 0 Å². The fraction of sp³-hybridized carbons (Fsp3) is 0.259. The topological polar surface area (TPSA) is 80.3 Å². The summed E-state index contributed by atoms with van der Waals surface area (Å²) >= 11 is 0. The number of hydrogen-bond acceptors (Lipinski definition) is 7. The monoisotopic (exact) mass is 478 g/mol. The van der Waals surface area contributed by atoms with E-state index in [0.29, 0.717) is 47.2 Å². The van der Waals surface area contributed by atoms with Crippen LogP contribution >= 0.6 is 0 Å². The number of carbonyl (C=O) groups is 2. The van der Waals surface area contributed by atoms with Gasteiger partial charge in [0.1, 0.15) is 31.4 Å². The number of ketones is 1. The van der Waals surface area contributed by atoms with Gasteiger partial charge in [0.25, 0.3) is 0 Å². The number of rotatable bonds is 7. The Morgan fingerprint density at radius 1 is 0.943 bits per heavy atom. The third-order valence-corrected chi connectivity index (χ3v) is 5.70. The molecule has 3 aromatic rings. The van der Waals surface area contributed by atoms with Crippen molar-refractivity contribution in [2.75, 3.05) is 13.2 Å². The number of hydrogen-bond donors (Lipinski definition) is 0. The van der Waals surface area contributed by atoms with Crippen LogP contribution in [0.2, 0.25) is 0 Å². The summed E-state index contributed by atoms with van der Waals surface area (Å²) in [4.78, 5) is 24.9. The molecule has 0 fully saturated rings. The fourth-order valence-corrected chi connectivity index (χ4v) is 3.97. The molecule has 180 valence electrons. The maximum atomic E-state index is 14.1. The molecule has 5 rings (SSSR count). The molecule has 2 aliphatic heterocycles. The van der Waals surface area contributed by atoms with Crippen molar-refractivity contribution in [3.8, 4) is 17.2 Å². The first-order valence-electron chi connectivity index (χ1n) is 11.3. The van der Waals surface area contributed by atoms with Gasteiger partial charge in [-0.2, -0.15) is 0 Å². The van der Waals surface area contributed by atoms with Gasteiger partial charge < -0.3 is 23.7 Å². The van der Waals surface area contributed by atoms with Crippen molar-refractivity contribution in [2.24, 2.45) is 0 Å². The third-order valence-electron chi connectivity index (χ3n) is 5.70. The molecule has 0 radical (unpaired) electrons. The van der Waals surface area contributed by atoms with E-state index in [2.05, 4.69) is 0 Å². The lowest BCUT2D eigenvalue weighted by molar-refractivity contribution is -0.145. The normalized spacial score (nSPS) is 16.1. The highest BCUT2D eigenvalue weighted by Gasteiger charge is 2.26. The van der Waals surface area contributed by atoms with Gasteiger partial charge in [-0.15, -0.1) is 0 Å². The average Bonchev–Trinajstić information content (AvgIpc) is 2.90. The number of halogens is 1. The zero-order chi connectivity index (χ0) is 24.2. The molecule has 0 amide bonds. The van der Waals surface area contributed by atoms with Crippen molar-refractivity contribution < 1.29 is 37.7 Å². The minimum Gasteiger partial charge on any atom is -0.486 e. The molecule has 0 spiro atoms. The second-order valence-corrected chi connectivity index (χ2v) is 8.17. The molecule has 1 unspecified atom stereocenters. The lowest BCUT2D eigenvalue weighted by Crippen LogP contribution is -2.20. The van der Waals surface area contributed by atoms with Crippen molar-refractivity contribution in [1.82, 2.24) is 0 Å². The molecule has 7 nitrogen and oxygen atoms in total. The summed E-state index contributed by atoms with van der Waals surface area (Å²) in [5.41, 5.74) is 2.19. The summed E-state index contributed by atoms with van der Waals surface area (Å²) in [6.45, 7) is 0.866. The SMILES string of the molecule is O=C(CCC(=O)c1ccc2c(c1)OCCO2)OCc1cc(F)cc2c1OC(c1ccccc1)OC2. The van der Waals surface area contributed by atoms with E-state index >= 15 is 0 Å². The molecule has 2 heterocycles. The first-order chi connectivity index (χ1) is 17.1. The van der Waals surface area contributed by atoms with E-state index in [4.69, 9.17) is 23.7 Å². The summed E-state index contributed by atoms with van der Waals surface area (Å²) < 4.78 is 42.1. The van der Waals surface area contributed by atoms with Crippen LogP contribution in [0.25, 0.3) is 0 Å². The zero-order valence-corrected chi connectivity index (χ0v) is 18.8. The van der Waals surface area contributed by atoms with Crippen LogP contribution in [-0.4, -0.2) is 25.0 Å². The molecule has 0 bridgehead atoms.